The number of nitrogens with one attached hydrogen (secondary N) is 1. The highest BCUT2D eigenvalue weighted by Gasteiger charge is 2.52. The van der Waals surface area contributed by atoms with Crippen LogP contribution in [0, 0.1) is 5.92 Å². The molecule has 3 fully saturated rings. The van der Waals surface area contributed by atoms with Crippen molar-refractivity contribution in [1.82, 2.24) is 5.32 Å². The van der Waals surface area contributed by atoms with Crippen molar-refractivity contribution >= 4 is 12.9 Å². The molecule has 3 saturated heterocycles. The van der Waals surface area contributed by atoms with Crippen molar-refractivity contribution in [2.75, 3.05) is 0 Å². The first-order chi connectivity index (χ1) is 9.77. The van der Waals surface area contributed by atoms with E-state index in [2.05, 4.69) is 5.32 Å². The van der Waals surface area contributed by atoms with E-state index < -0.39 is 0 Å². The van der Waals surface area contributed by atoms with E-state index >= 15 is 0 Å². The number of hydrogen-bond acceptors (Lipinski definition) is 4. The summed E-state index contributed by atoms with van der Waals surface area (Å²) in [6.45, 7) is 8.14. The van der Waals surface area contributed by atoms with Crippen LogP contribution in [0.5, 0.6) is 0 Å². The van der Waals surface area contributed by atoms with Crippen molar-refractivity contribution in [3.8, 4) is 0 Å². The molecule has 3 heterocycles. The van der Waals surface area contributed by atoms with Gasteiger partial charge in [-0.2, -0.15) is 0 Å². The zero-order valence-corrected chi connectivity index (χ0v) is 13.8. The molecule has 0 aromatic rings. The molecule has 2 bridgehead atoms. The van der Waals surface area contributed by atoms with Crippen LogP contribution in [0.4, 0.5) is 0 Å². The summed E-state index contributed by atoms with van der Waals surface area (Å²) in [5.74, 6) is 0.521. The number of ketones is 1. The highest BCUT2D eigenvalue weighted by molar-refractivity contribution is 6.50. The maximum absolute atomic E-state index is 12.6. The third kappa shape index (κ3) is 3.06. The molecule has 2 atom stereocenters. The Kier molecular flexibility index (Phi) is 3.96. The molecule has 4 nitrogen and oxygen atoms in total. The maximum Gasteiger partial charge on any atom is 0.465 e. The summed E-state index contributed by atoms with van der Waals surface area (Å²) in [6, 6.07) is 1.09. The summed E-state index contributed by atoms with van der Waals surface area (Å²) in [5.41, 5.74) is -0.689. The van der Waals surface area contributed by atoms with Gasteiger partial charge in [0.15, 0.2) is 0 Å². The van der Waals surface area contributed by atoms with Gasteiger partial charge in [-0.25, -0.2) is 0 Å². The molecule has 0 spiro atoms. The Morgan fingerprint density at radius 2 is 1.62 bits per heavy atom. The number of piperidine rings is 2. The summed E-state index contributed by atoms with van der Waals surface area (Å²) in [6.07, 6.45) is 6.13. The predicted molar refractivity (Wildman–Crippen MR) is 83.2 cm³/mol. The molecular formula is C16H28BNO3. The van der Waals surface area contributed by atoms with Crippen LogP contribution >= 0.6 is 0 Å². The molecule has 0 aromatic carbocycles. The second-order valence-electron chi connectivity index (χ2n) is 8.02. The second-order valence-corrected chi connectivity index (χ2v) is 8.02. The van der Waals surface area contributed by atoms with E-state index in [1.165, 1.54) is 19.3 Å². The van der Waals surface area contributed by atoms with Crippen LogP contribution < -0.4 is 5.32 Å². The average molecular weight is 293 g/mol. The molecule has 0 aromatic heterocycles. The van der Waals surface area contributed by atoms with Crippen LogP contribution in [0.25, 0.3) is 0 Å². The summed E-state index contributed by atoms with van der Waals surface area (Å²) >= 11 is 0. The highest BCUT2D eigenvalue weighted by Crippen LogP contribution is 2.39. The summed E-state index contributed by atoms with van der Waals surface area (Å²) in [5, 5.41) is 3.64. The van der Waals surface area contributed by atoms with Crippen molar-refractivity contribution in [3.05, 3.63) is 0 Å². The molecule has 118 valence electrons. The Morgan fingerprint density at radius 3 is 2.14 bits per heavy atom. The molecule has 5 heteroatoms. The molecule has 0 amide bonds. The molecule has 0 saturated carbocycles. The van der Waals surface area contributed by atoms with Gasteiger partial charge in [-0.05, 0) is 53.4 Å². The monoisotopic (exact) mass is 293 g/mol. The van der Waals surface area contributed by atoms with Gasteiger partial charge < -0.3 is 14.6 Å². The number of fused-ring (bicyclic) bond motifs is 2. The van der Waals surface area contributed by atoms with Gasteiger partial charge in [0, 0.05) is 24.3 Å². The maximum atomic E-state index is 12.6. The van der Waals surface area contributed by atoms with Crippen molar-refractivity contribution < 1.29 is 14.1 Å². The SMILES string of the molecule is CC1(C)OB(CC(=O)C2CC3CCCC(C2)N3)OC1(C)C. The Bertz CT molecular complexity index is 396. The fourth-order valence-electron chi connectivity index (χ4n) is 3.91. The van der Waals surface area contributed by atoms with Crippen LogP contribution in [0.1, 0.15) is 59.8 Å². The second kappa shape index (κ2) is 5.36. The van der Waals surface area contributed by atoms with Crippen LogP contribution in [0.15, 0.2) is 0 Å². The first-order valence-electron chi connectivity index (χ1n) is 8.41. The van der Waals surface area contributed by atoms with Gasteiger partial charge in [0.25, 0.3) is 0 Å². The zero-order valence-electron chi connectivity index (χ0n) is 13.8. The van der Waals surface area contributed by atoms with Crippen molar-refractivity contribution in [2.45, 2.75) is 89.4 Å². The van der Waals surface area contributed by atoms with Gasteiger partial charge in [-0.15, -0.1) is 0 Å². The minimum Gasteiger partial charge on any atom is -0.403 e. The van der Waals surface area contributed by atoms with E-state index in [4.69, 9.17) is 9.31 Å². The molecule has 3 rings (SSSR count). The van der Waals surface area contributed by atoms with E-state index in [-0.39, 0.29) is 24.2 Å². The first-order valence-corrected chi connectivity index (χ1v) is 8.41. The fourth-order valence-corrected chi connectivity index (χ4v) is 3.91. The normalized spacial score (nSPS) is 37.5. The topological polar surface area (TPSA) is 47.6 Å². The van der Waals surface area contributed by atoms with Crippen LogP contribution in [0.2, 0.25) is 6.32 Å². The molecule has 0 radical (unpaired) electrons. The number of carbonyl (C=O) groups is 1. The Balaban J connectivity index is 1.58. The smallest absolute Gasteiger partial charge is 0.403 e. The number of rotatable bonds is 3. The molecule has 1 N–H and O–H groups in total. The third-order valence-corrected chi connectivity index (χ3v) is 5.84. The summed E-state index contributed by atoms with van der Waals surface area (Å²) < 4.78 is 11.9. The lowest BCUT2D eigenvalue weighted by Crippen LogP contribution is -2.50. The minimum atomic E-state index is -0.378. The lowest BCUT2D eigenvalue weighted by Gasteiger charge is -2.39. The number of carbonyl (C=O) groups excluding carboxylic acids is 1. The van der Waals surface area contributed by atoms with E-state index in [9.17, 15) is 4.79 Å². The Morgan fingerprint density at radius 1 is 1.10 bits per heavy atom. The van der Waals surface area contributed by atoms with Crippen LogP contribution in [0.3, 0.4) is 0 Å². The van der Waals surface area contributed by atoms with Crippen molar-refractivity contribution in [2.24, 2.45) is 5.92 Å². The van der Waals surface area contributed by atoms with Crippen LogP contribution in [-0.2, 0) is 14.1 Å². The van der Waals surface area contributed by atoms with Gasteiger partial charge in [0.2, 0.25) is 0 Å². The lowest BCUT2D eigenvalue weighted by molar-refractivity contribution is -0.122. The lowest BCUT2D eigenvalue weighted by atomic mass is 9.72. The van der Waals surface area contributed by atoms with E-state index in [1.807, 2.05) is 27.7 Å². The summed E-state index contributed by atoms with van der Waals surface area (Å²) in [7, 11) is -0.378. The van der Waals surface area contributed by atoms with Gasteiger partial charge in [0.1, 0.15) is 5.78 Å². The Labute approximate surface area is 128 Å². The third-order valence-electron chi connectivity index (χ3n) is 5.84. The average Bonchev–Trinajstić information content (AvgIpc) is 2.56. The molecular weight excluding hydrogens is 265 g/mol. The van der Waals surface area contributed by atoms with Crippen molar-refractivity contribution in [3.63, 3.8) is 0 Å². The van der Waals surface area contributed by atoms with Gasteiger partial charge in [-0.1, -0.05) is 6.42 Å². The van der Waals surface area contributed by atoms with Crippen LogP contribution in [-0.4, -0.2) is 36.2 Å². The molecule has 3 aliphatic heterocycles. The molecule has 0 aliphatic carbocycles. The van der Waals surface area contributed by atoms with Gasteiger partial charge in [-0.3, -0.25) is 4.79 Å². The van der Waals surface area contributed by atoms with E-state index in [1.54, 1.807) is 0 Å². The Hall–Kier alpha value is -0.385. The number of Topliss-reactive ketones (excluding diaryl/α,β-unsaturated/α-hetero) is 1. The highest BCUT2D eigenvalue weighted by atomic mass is 16.7. The zero-order chi connectivity index (χ0) is 15.3. The first kappa shape index (κ1) is 15.5. The summed E-state index contributed by atoms with van der Waals surface area (Å²) in [4.78, 5) is 12.6. The number of hydrogen-bond donors (Lipinski definition) is 1. The fraction of sp³-hybridized carbons (Fsp3) is 0.938. The minimum absolute atomic E-state index is 0.195. The van der Waals surface area contributed by atoms with Gasteiger partial charge >= 0.3 is 7.12 Å². The molecule has 21 heavy (non-hydrogen) atoms. The molecule has 3 aliphatic rings. The quantitative estimate of drug-likeness (QED) is 0.812. The van der Waals surface area contributed by atoms with E-state index in [0.29, 0.717) is 24.2 Å². The van der Waals surface area contributed by atoms with Crippen molar-refractivity contribution in [1.29, 1.82) is 0 Å². The standard InChI is InChI=1S/C16H28BNO3/c1-15(2)16(3,4)21-17(20-15)10-14(19)11-8-12-6-5-7-13(9-11)18-12/h11-13,18H,5-10H2,1-4H3. The predicted octanol–water partition coefficient (Wildman–Crippen LogP) is 2.57. The van der Waals surface area contributed by atoms with E-state index in [0.717, 1.165) is 12.8 Å². The largest absolute Gasteiger partial charge is 0.465 e. The molecule has 2 unspecified atom stereocenters. The van der Waals surface area contributed by atoms with Gasteiger partial charge in [0.05, 0.1) is 11.2 Å².